The van der Waals surface area contributed by atoms with Crippen LogP contribution in [0.15, 0.2) is 18.2 Å². The third-order valence-corrected chi connectivity index (χ3v) is 3.00. The Bertz CT molecular complexity index is 515. The van der Waals surface area contributed by atoms with E-state index in [0.717, 1.165) is 18.9 Å². The van der Waals surface area contributed by atoms with E-state index < -0.39 is 17.8 Å². The number of nitrogens with one attached hydrogen (secondary N) is 2. The van der Waals surface area contributed by atoms with E-state index in [9.17, 15) is 14.0 Å². The number of para-hydroxylation sites is 1. The number of urea groups is 1. The lowest BCUT2D eigenvalue weighted by Gasteiger charge is -2.13. The zero-order chi connectivity index (χ0) is 14.5. The van der Waals surface area contributed by atoms with Crippen LogP contribution in [0, 0.1) is 5.82 Å². The first-order valence-electron chi connectivity index (χ1n) is 6.26. The van der Waals surface area contributed by atoms with Gasteiger partial charge in [-0.3, -0.25) is 0 Å². The SMILES string of the molecule is O=C(NCC1CCCO1)Nc1c(F)cccc1C(=O)O. The first-order chi connectivity index (χ1) is 9.58. The molecule has 0 spiro atoms. The van der Waals surface area contributed by atoms with Crippen molar-refractivity contribution in [2.24, 2.45) is 0 Å². The normalized spacial score (nSPS) is 17.8. The molecule has 1 unspecified atom stereocenters. The van der Waals surface area contributed by atoms with Gasteiger partial charge in [0.25, 0.3) is 0 Å². The van der Waals surface area contributed by atoms with E-state index >= 15 is 0 Å². The van der Waals surface area contributed by atoms with Crippen LogP contribution < -0.4 is 10.6 Å². The first-order valence-corrected chi connectivity index (χ1v) is 6.26. The average Bonchev–Trinajstić information content (AvgIpc) is 2.91. The van der Waals surface area contributed by atoms with Crippen molar-refractivity contribution in [2.45, 2.75) is 18.9 Å². The van der Waals surface area contributed by atoms with Gasteiger partial charge in [0.05, 0.1) is 17.4 Å². The maximum absolute atomic E-state index is 13.6. The van der Waals surface area contributed by atoms with Gasteiger partial charge in [0.15, 0.2) is 0 Å². The smallest absolute Gasteiger partial charge is 0.337 e. The Morgan fingerprint density at radius 3 is 2.90 bits per heavy atom. The second-order valence-electron chi connectivity index (χ2n) is 4.44. The average molecular weight is 282 g/mol. The number of carboxylic acid groups (broad SMARTS) is 1. The number of amides is 2. The minimum atomic E-state index is -1.31. The summed E-state index contributed by atoms with van der Waals surface area (Å²) < 4.78 is 18.9. The zero-order valence-electron chi connectivity index (χ0n) is 10.7. The fourth-order valence-electron chi connectivity index (χ4n) is 2.00. The van der Waals surface area contributed by atoms with Crippen LogP contribution in [0.1, 0.15) is 23.2 Å². The molecule has 2 rings (SSSR count). The summed E-state index contributed by atoms with van der Waals surface area (Å²) in [6.45, 7) is 0.979. The molecule has 0 saturated carbocycles. The molecule has 0 aliphatic carbocycles. The van der Waals surface area contributed by atoms with E-state index in [-0.39, 0.29) is 17.4 Å². The molecular formula is C13H15FN2O4. The number of carbonyl (C=O) groups excluding carboxylic acids is 1. The Morgan fingerprint density at radius 2 is 2.25 bits per heavy atom. The third kappa shape index (κ3) is 3.45. The summed E-state index contributed by atoms with van der Waals surface area (Å²) in [6.07, 6.45) is 1.77. The molecule has 7 heteroatoms. The van der Waals surface area contributed by atoms with Crippen molar-refractivity contribution in [3.8, 4) is 0 Å². The number of rotatable bonds is 4. The number of hydrogen-bond acceptors (Lipinski definition) is 3. The highest BCUT2D eigenvalue weighted by molar-refractivity contribution is 6.00. The molecule has 1 heterocycles. The molecule has 0 radical (unpaired) electrons. The topological polar surface area (TPSA) is 87.7 Å². The summed E-state index contributed by atoms with van der Waals surface area (Å²) >= 11 is 0. The van der Waals surface area contributed by atoms with Gasteiger partial charge in [-0.1, -0.05) is 6.07 Å². The van der Waals surface area contributed by atoms with Crippen LogP contribution in [0.4, 0.5) is 14.9 Å². The summed E-state index contributed by atoms with van der Waals surface area (Å²) in [5.41, 5.74) is -0.637. The van der Waals surface area contributed by atoms with Gasteiger partial charge in [0.2, 0.25) is 0 Å². The van der Waals surface area contributed by atoms with E-state index in [1.165, 1.54) is 12.1 Å². The van der Waals surface area contributed by atoms with Gasteiger partial charge in [-0.05, 0) is 25.0 Å². The van der Waals surface area contributed by atoms with E-state index in [1.807, 2.05) is 0 Å². The van der Waals surface area contributed by atoms with Crippen LogP contribution in [0.2, 0.25) is 0 Å². The van der Waals surface area contributed by atoms with Crippen LogP contribution in [-0.4, -0.2) is 36.4 Å². The second-order valence-corrected chi connectivity index (χ2v) is 4.44. The zero-order valence-corrected chi connectivity index (χ0v) is 10.7. The minimum Gasteiger partial charge on any atom is -0.478 e. The van der Waals surface area contributed by atoms with Crippen molar-refractivity contribution in [2.75, 3.05) is 18.5 Å². The molecule has 1 aliphatic heterocycles. The standard InChI is InChI=1S/C13H15FN2O4/c14-10-5-1-4-9(12(17)18)11(10)16-13(19)15-7-8-3-2-6-20-8/h1,4-5,8H,2-3,6-7H2,(H,17,18)(H2,15,16,19). The summed E-state index contributed by atoms with van der Waals surface area (Å²) in [4.78, 5) is 22.6. The molecule has 1 aromatic carbocycles. The second kappa shape index (κ2) is 6.33. The van der Waals surface area contributed by atoms with Crippen LogP contribution in [0.25, 0.3) is 0 Å². The Balaban J connectivity index is 1.98. The Morgan fingerprint density at radius 1 is 1.45 bits per heavy atom. The lowest BCUT2D eigenvalue weighted by atomic mass is 10.1. The van der Waals surface area contributed by atoms with Crippen molar-refractivity contribution in [3.05, 3.63) is 29.6 Å². The molecule has 1 saturated heterocycles. The molecule has 0 aromatic heterocycles. The molecule has 2 amide bonds. The predicted molar refractivity (Wildman–Crippen MR) is 69.4 cm³/mol. The molecule has 6 nitrogen and oxygen atoms in total. The summed E-state index contributed by atoms with van der Waals surface area (Å²) in [5.74, 6) is -2.10. The highest BCUT2D eigenvalue weighted by Crippen LogP contribution is 2.19. The highest BCUT2D eigenvalue weighted by atomic mass is 19.1. The predicted octanol–water partition coefficient (Wildman–Crippen LogP) is 1.82. The monoisotopic (exact) mass is 282 g/mol. The molecule has 1 fully saturated rings. The van der Waals surface area contributed by atoms with Crippen molar-refractivity contribution >= 4 is 17.7 Å². The number of carbonyl (C=O) groups is 2. The number of carboxylic acids is 1. The quantitative estimate of drug-likeness (QED) is 0.786. The number of anilines is 1. The molecule has 3 N–H and O–H groups in total. The fourth-order valence-corrected chi connectivity index (χ4v) is 2.00. The van der Waals surface area contributed by atoms with Crippen molar-refractivity contribution in [1.82, 2.24) is 5.32 Å². The molecule has 0 bridgehead atoms. The van der Waals surface area contributed by atoms with Crippen LogP contribution in [0.5, 0.6) is 0 Å². The van der Waals surface area contributed by atoms with Gasteiger partial charge < -0.3 is 20.5 Å². The van der Waals surface area contributed by atoms with Crippen LogP contribution >= 0.6 is 0 Å². The van der Waals surface area contributed by atoms with Crippen molar-refractivity contribution < 1.29 is 23.8 Å². The van der Waals surface area contributed by atoms with Gasteiger partial charge in [0, 0.05) is 13.2 Å². The molecule has 1 aliphatic rings. The maximum atomic E-state index is 13.6. The summed E-state index contributed by atoms with van der Waals surface area (Å²) in [6, 6.07) is 2.92. The van der Waals surface area contributed by atoms with Gasteiger partial charge in [-0.15, -0.1) is 0 Å². The number of aromatic carboxylic acids is 1. The summed E-state index contributed by atoms with van der Waals surface area (Å²) in [7, 11) is 0. The molecule has 1 atom stereocenters. The van der Waals surface area contributed by atoms with Crippen molar-refractivity contribution in [1.29, 1.82) is 0 Å². The van der Waals surface area contributed by atoms with E-state index in [0.29, 0.717) is 13.2 Å². The number of benzene rings is 1. The molecule has 1 aromatic rings. The van der Waals surface area contributed by atoms with Gasteiger partial charge in [-0.2, -0.15) is 0 Å². The van der Waals surface area contributed by atoms with E-state index in [2.05, 4.69) is 10.6 Å². The van der Waals surface area contributed by atoms with Crippen LogP contribution in [0.3, 0.4) is 0 Å². The largest absolute Gasteiger partial charge is 0.478 e. The minimum absolute atomic E-state index is 0.0414. The lowest BCUT2D eigenvalue weighted by molar-refractivity contribution is 0.0697. The third-order valence-electron chi connectivity index (χ3n) is 3.00. The molecule has 108 valence electrons. The number of hydrogen-bond donors (Lipinski definition) is 3. The Hall–Kier alpha value is -2.15. The molecule has 20 heavy (non-hydrogen) atoms. The van der Waals surface area contributed by atoms with Crippen molar-refractivity contribution in [3.63, 3.8) is 0 Å². The van der Waals surface area contributed by atoms with Crippen LogP contribution in [-0.2, 0) is 4.74 Å². The van der Waals surface area contributed by atoms with Gasteiger partial charge >= 0.3 is 12.0 Å². The number of ether oxygens (including phenoxy) is 1. The van der Waals surface area contributed by atoms with Gasteiger partial charge in [-0.25, -0.2) is 14.0 Å². The Labute approximate surface area is 114 Å². The van der Waals surface area contributed by atoms with E-state index in [4.69, 9.17) is 9.84 Å². The highest BCUT2D eigenvalue weighted by Gasteiger charge is 2.19. The maximum Gasteiger partial charge on any atom is 0.337 e. The lowest BCUT2D eigenvalue weighted by Crippen LogP contribution is -2.35. The van der Waals surface area contributed by atoms with E-state index in [1.54, 1.807) is 0 Å². The van der Waals surface area contributed by atoms with Gasteiger partial charge in [0.1, 0.15) is 5.82 Å². The first kappa shape index (κ1) is 14.3. The molecular weight excluding hydrogens is 267 g/mol. The fraction of sp³-hybridized carbons (Fsp3) is 0.385. The summed E-state index contributed by atoms with van der Waals surface area (Å²) in [5, 5.41) is 13.7. The number of halogens is 1. The Kier molecular flexibility index (Phi) is 4.52.